The summed E-state index contributed by atoms with van der Waals surface area (Å²) in [5, 5.41) is 1.16. The molecule has 0 aromatic heterocycles. The van der Waals surface area contributed by atoms with E-state index < -0.39 is 0 Å². The molecule has 0 saturated carbocycles. The van der Waals surface area contributed by atoms with E-state index in [1.165, 1.54) is 0 Å². The lowest BCUT2D eigenvalue weighted by Gasteiger charge is -2.34. The van der Waals surface area contributed by atoms with E-state index in [9.17, 15) is 4.79 Å². The topological polar surface area (TPSA) is 52.8 Å². The van der Waals surface area contributed by atoms with Crippen molar-refractivity contribution in [2.75, 3.05) is 40.8 Å². The summed E-state index contributed by atoms with van der Waals surface area (Å²) in [6.45, 7) is 2.78. The third-order valence-electron chi connectivity index (χ3n) is 2.81. The number of amides is 2. The van der Waals surface area contributed by atoms with Crippen molar-refractivity contribution < 1.29 is 4.79 Å². The molecule has 1 aliphatic heterocycles. The number of likely N-dealkylation sites (tertiary alicyclic amines) is 1. The molecule has 1 fully saturated rings. The minimum atomic E-state index is -0.0710. The summed E-state index contributed by atoms with van der Waals surface area (Å²) >= 11 is 0. The Morgan fingerprint density at radius 2 is 1.87 bits per heavy atom. The van der Waals surface area contributed by atoms with Crippen LogP contribution in [0.3, 0.4) is 0 Å². The standard InChI is InChI=1S/C10H22N4O/c1-12(2)8-9-4-6-14(7-5-9)10(15)13(3)11/h9H,4-8,11H2,1-3H3. The van der Waals surface area contributed by atoms with E-state index in [2.05, 4.69) is 19.0 Å². The number of carbonyl (C=O) groups is 1. The van der Waals surface area contributed by atoms with Gasteiger partial charge in [0.15, 0.2) is 0 Å². The van der Waals surface area contributed by atoms with Crippen LogP contribution < -0.4 is 5.84 Å². The van der Waals surface area contributed by atoms with Crippen LogP contribution in [0, 0.1) is 5.92 Å². The Hall–Kier alpha value is -0.810. The minimum Gasteiger partial charge on any atom is -0.324 e. The molecule has 5 nitrogen and oxygen atoms in total. The van der Waals surface area contributed by atoms with E-state index in [0.29, 0.717) is 5.92 Å². The molecule has 1 heterocycles. The summed E-state index contributed by atoms with van der Waals surface area (Å²) in [5.74, 6) is 6.13. The van der Waals surface area contributed by atoms with Gasteiger partial charge in [0, 0.05) is 26.7 Å². The number of rotatable bonds is 2. The first-order chi connectivity index (χ1) is 7.00. The van der Waals surface area contributed by atoms with Gasteiger partial charge in [-0.2, -0.15) is 0 Å². The molecule has 1 aliphatic rings. The van der Waals surface area contributed by atoms with Crippen LogP contribution in [0.1, 0.15) is 12.8 Å². The number of hydrogen-bond donors (Lipinski definition) is 1. The largest absolute Gasteiger partial charge is 0.333 e. The molecule has 0 unspecified atom stereocenters. The molecule has 0 aromatic carbocycles. The molecule has 1 rings (SSSR count). The molecular weight excluding hydrogens is 192 g/mol. The van der Waals surface area contributed by atoms with Crippen LogP contribution in [-0.2, 0) is 0 Å². The van der Waals surface area contributed by atoms with Gasteiger partial charge in [0.2, 0.25) is 0 Å². The lowest BCUT2D eigenvalue weighted by molar-refractivity contribution is 0.134. The fraction of sp³-hybridized carbons (Fsp3) is 0.900. The zero-order valence-corrected chi connectivity index (χ0v) is 9.94. The van der Waals surface area contributed by atoms with E-state index in [1.54, 1.807) is 7.05 Å². The van der Waals surface area contributed by atoms with Gasteiger partial charge in [0.25, 0.3) is 0 Å². The second-order valence-corrected chi connectivity index (χ2v) is 4.59. The number of piperidine rings is 1. The normalized spacial score (nSPS) is 18.3. The molecule has 15 heavy (non-hydrogen) atoms. The van der Waals surface area contributed by atoms with Crippen molar-refractivity contribution in [3.8, 4) is 0 Å². The van der Waals surface area contributed by atoms with Gasteiger partial charge < -0.3 is 9.80 Å². The molecule has 0 radical (unpaired) electrons. The molecule has 2 N–H and O–H groups in total. The van der Waals surface area contributed by atoms with Crippen LogP contribution in [0.4, 0.5) is 4.79 Å². The van der Waals surface area contributed by atoms with E-state index >= 15 is 0 Å². The van der Waals surface area contributed by atoms with E-state index in [1.807, 2.05) is 4.90 Å². The third kappa shape index (κ3) is 3.68. The first-order valence-electron chi connectivity index (χ1n) is 5.42. The van der Waals surface area contributed by atoms with Gasteiger partial charge in [-0.05, 0) is 32.9 Å². The van der Waals surface area contributed by atoms with Crippen LogP contribution in [0.15, 0.2) is 0 Å². The number of nitrogens with zero attached hydrogens (tertiary/aromatic N) is 3. The Labute approximate surface area is 91.8 Å². The highest BCUT2D eigenvalue weighted by Gasteiger charge is 2.23. The molecule has 2 amide bonds. The summed E-state index contributed by atoms with van der Waals surface area (Å²) in [4.78, 5) is 15.6. The van der Waals surface area contributed by atoms with Gasteiger partial charge in [-0.25, -0.2) is 10.6 Å². The number of hydrogen-bond acceptors (Lipinski definition) is 3. The molecule has 88 valence electrons. The van der Waals surface area contributed by atoms with Crippen molar-refractivity contribution in [3.05, 3.63) is 0 Å². The Morgan fingerprint density at radius 1 is 1.33 bits per heavy atom. The zero-order chi connectivity index (χ0) is 11.4. The van der Waals surface area contributed by atoms with Crippen molar-refractivity contribution in [1.82, 2.24) is 14.8 Å². The number of hydrazine groups is 1. The summed E-state index contributed by atoms with van der Waals surface area (Å²) in [7, 11) is 5.77. The highest BCUT2D eigenvalue weighted by molar-refractivity contribution is 5.73. The number of carbonyl (C=O) groups excluding carboxylic acids is 1. The highest BCUT2D eigenvalue weighted by atomic mass is 16.2. The van der Waals surface area contributed by atoms with Gasteiger partial charge in [-0.1, -0.05) is 0 Å². The van der Waals surface area contributed by atoms with Gasteiger partial charge in [0.05, 0.1) is 0 Å². The first-order valence-corrected chi connectivity index (χ1v) is 5.42. The second-order valence-electron chi connectivity index (χ2n) is 4.59. The smallest absolute Gasteiger partial charge is 0.324 e. The van der Waals surface area contributed by atoms with E-state index in [-0.39, 0.29) is 6.03 Å². The van der Waals surface area contributed by atoms with Gasteiger partial charge in [-0.3, -0.25) is 5.01 Å². The average Bonchev–Trinajstić information content (AvgIpc) is 2.17. The lowest BCUT2D eigenvalue weighted by atomic mass is 9.97. The molecule has 0 aliphatic carbocycles. The molecule has 1 saturated heterocycles. The van der Waals surface area contributed by atoms with Crippen LogP contribution >= 0.6 is 0 Å². The fourth-order valence-corrected chi connectivity index (χ4v) is 2.05. The fourth-order valence-electron chi connectivity index (χ4n) is 2.05. The monoisotopic (exact) mass is 214 g/mol. The van der Waals surface area contributed by atoms with E-state index in [4.69, 9.17) is 5.84 Å². The third-order valence-corrected chi connectivity index (χ3v) is 2.81. The number of nitrogens with two attached hydrogens (primary N) is 1. The molecule has 0 aromatic rings. The first kappa shape index (κ1) is 12.3. The highest BCUT2D eigenvalue weighted by Crippen LogP contribution is 2.18. The molecule has 0 atom stereocenters. The van der Waals surface area contributed by atoms with Crippen molar-refractivity contribution in [1.29, 1.82) is 0 Å². The van der Waals surface area contributed by atoms with E-state index in [0.717, 1.165) is 37.5 Å². The quantitative estimate of drug-likeness (QED) is 0.405. The van der Waals surface area contributed by atoms with Gasteiger partial charge in [0.1, 0.15) is 0 Å². The van der Waals surface area contributed by atoms with Crippen LogP contribution in [0.25, 0.3) is 0 Å². The Bertz CT molecular complexity index is 209. The Kier molecular flexibility index (Phi) is 4.35. The summed E-state index contributed by atoms with van der Waals surface area (Å²) in [5.41, 5.74) is 0. The van der Waals surface area contributed by atoms with Crippen molar-refractivity contribution >= 4 is 6.03 Å². The van der Waals surface area contributed by atoms with Crippen molar-refractivity contribution in [2.45, 2.75) is 12.8 Å². The summed E-state index contributed by atoms with van der Waals surface area (Å²) < 4.78 is 0. The van der Waals surface area contributed by atoms with Crippen LogP contribution in [-0.4, -0.2) is 61.6 Å². The van der Waals surface area contributed by atoms with Gasteiger partial charge >= 0.3 is 6.03 Å². The maximum atomic E-state index is 11.5. The number of urea groups is 1. The molecule has 5 heteroatoms. The predicted molar refractivity (Wildman–Crippen MR) is 60.2 cm³/mol. The summed E-state index contributed by atoms with van der Waals surface area (Å²) in [6.07, 6.45) is 2.16. The van der Waals surface area contributed by atoms with Gasteiger partial charge in [-0.15, -0.1) is 0 Å². The SMILES string of the molecule is CN(C)CC1CCN(C(=O)N(C)N)CC1. The summed E-state index contributed by atoms with van der Waals surface area (Å²) in [6, 6.07) is -0.0710. The lowest BCUT2D eigenvalue weighted by Crippen LogP contribution is -2.48. The molecular formula is C10H22N4O. The zero-order valence-electron chi connectivity index (χ0n) is 9.94. The molecule has 0 bridgehead atoms. The van der Waals surface area contributed by atoms with Crippen LogP contribution in [0.2, 0.25) is 0 Å². The second kappa shape index (κ2) is 5.32. The maximum absolute atomic E-state index is 11.5. The van der Waals surface area contributed by atoms with Crippen molar-refractivity contribution in [2.24, 2.45) is 11.8 Å². The average molecular weight is 214 g/mol. The maximum Gasteiger partial charge on any atom is 0.333 e. The Morgan fingerprint density at radius 3 is 2.27 bits per heavy atom. The Balaban J connectivity index is 2.32. The van der Waals surface area contributed by atoms with Crippen molar-refractivity contribution in [3.63, 3.8) is 0 Å². The minimum absolute atomic E-state index is 0.0710. The predicted octanol–water partition coefficient (Wildman–Crippen LogP) is 0.186. The van der Waals surface area contributed by atoms with Crippen LogP contribution in [0.5, 0.6) is 0 Å². The molecule has 0 spiro atoms.